The maximum Gasteiger partial charge on any atom is 0.243 e. The molecule has 0 bridgehead atoms. The zero-order chi connectivity index (χ0) is 19.5. The third-order valence-corrected chi connectivity index (χ3v) is 3.47. The molecule has 27 heavy (non-hydrogen) atoms. The van der Waals surface area contributed by atoms with Crippen molar-refractivity contribution in [1.29, 1.82) is 0 Å². The van der Waals surface area contributed by atoms with Gasteiger partial charge in [-0.05, 0) is 48.9 Å². The molecule has 0 heterocycles. The Morgan fingerprint density at radius 3 is 2.48 bits per heavy atom. The Balaban J connectivity index is 1.78. The summed E-state index contributed by atoms with van der Waals surface area (Å²) in [5.74, 6) is 1.32. The van der Waals surface area contributed by atoms with E-state index in [1.165, 1.54) is 0 Å². The number of amides is 1. The summed E-state index contributed by atoms with van der Waals surface area (Å²) in [7, 11) is 1.63. The third kappa shape index (κ3) is 7.83. The molecule has 0 aromatic heterocycles. The number of hydrogen-bond donors (Lipinski definition) is 2. The van der Waals surface area contributed by atoms with E-state index in [1.807, 2.05) is 43.3 Å². The lowest BCUT2D eigenvalue weighted by atomic mass is 10.3. The molecular weight excluding hydrogens is 344 g/mol. The zero-order valence-electron chi connectivity index (χ0n) is 15.8. The predicted molar refractivity (Wildman–Crippen MR) is 108 cm³/mol. The first-order chi connectivity index (χ1) is 13.1. The van der Waals surface area contributed by atoms with Gasteiger partial charge in [0.05, 0.1) is 13.2 Å². The van der Waals surface area contributed by atoms with E-state index >= 15 is 0 Å². The fourth-order valence-electron chi connectivity index (χ4n) is 2.17. The van der Waals surface area contributed by atoms with E-state index in [0.717, 1.165) is 22.8 Å². The largest absolute Gasteiger partial charge is 0.491 e. The van der Waals surface area contributed by atoms with E-state index in [9.17, 15) is 4.79 Å². The van der Waals surface area contributed by atoms with Gasteiger partial charge in [-0.3, -0.25) is 4.79 Å². The predicted octanol–water partition coefficient (Wildman–Crippen LogP) is 3.72. The fraction of sp³-hybridized carbons (Fsp3) is 0.286. The summed E-state index contributed by atoms with van der Waals surface area (Å²) in [6, 6.07) is 14.7. The van der Waals surface area contributed by atoms with E-state index in [1.54, 1.807) is 19.2 Å². The van der Waals surface area contributed by atoms with Gasteiger partial charge in [-0.15, -0.1) is 0 Å². The Morgan fingerprint density at radius 2 is 1.78 bits per heavy atom. The van der Waals surface area contributed by atoms with Crippen molar-refractivity contribution in [2.45, 2.75) is 6.92 Å². The van der Waals surface area contributed by atoms with Gasteiger partial charge in [0, 0.05) is 24.6 Å². The van der Waals surface area contributed by atoms with Crippen LogP contribution < -0.4 is 20.1 Å². The van der Waals surface area contributed by atoms with Crippen LogP contribution >= 0.6 is 0 Å². The number of carbonyl (C=O) groups excluding carboxylic acids is 1. The Hall–Kier alpha value is -2.99. The molecule has 6 heteroatoms. The summed E-state index contributed by atoms with van der Waals surface area (Å²) < 4.78 is 16.0. The molecule has 0 aliphatic heterocycles. The first-order valence-corrected chi connectivity index (χ1v) is 8.69. The van der Waals surface area contributed by atoms with Gasteiger partial charge in [0.25, 0.3) is 0 Å². The van der Waals surface area contributed by atoms with Crippen LogP contribution in [0.5, 0.6) is 11.5 Å². The second kappa shape index (κ2) is 10.9. The molecule has 0 fully saturated rings. The summed E-state index contributed by atoms with van der Waals surface area (Å²) in [4.78, 5) is 12.1. The van der Waals surface area contributed by atoms with E-state index in [0.29, 0.717) is 25.5 Å². The van der Waals surface area contributed by atoms with E-state index < -0.39 is 0 Å². The lowest BCUT2D eigenvalue weighted by molar-refractivity contribution is -0.114. The van der Waals surface area contributed by atoms with Crippen LogP contribution in [0.25, 0.3) is 0 Å². The van der Waals surface area contributed by atoms with Gasteiger partial charge in [0.2, 0.25) is 5.91 Å². The van der Waals surface area contributed by atoms with Gasteiger partial charge in [-0.2, -0.15) is 0 Å². The maximum atomic E-state index is 12.1. The Morgan fingerprint density at radius 1 is 1.00 bits per heavy atom. The topological polar surface area (TPSA) is 68.8 Å². The minimum atomic E-state index is -0.142. The summed E-state index contributed by atoms with van der Waals surface area (Å²) in [6.07, 6.45) is 0. The van der Waals surface area contributed by atoms with Crippen molar-refractivity contribution in [3.8, 4) is 11.5 Å². The SMILES string of the molecule is C=C(C)COc1ccc(NC(=O)CNc2cccc(OCCOC)c2)cc1. The Kier molecular flexibility index (Phi) is 8.19. The highest BCUT2D eigenvalue weighted by Crippen LogP contribution is 2.18. The number of ether oxygens (including phenoxy) is 3. The zero-order valence-corrected chi connectivity index (χ0v) is 15.8. The van der Waals surface area contributed by atoms with Gasteiger partial charge in [-0.1, -0.05) is 12.6 Å². The molecular formula is C21H26N2O4. The van der Waals surface area contributed by atoms with Gasteiger partial charge in [0.1, 0.15) is 24.7 Å². The maximum absolute atomic E-state index is 12.1. The molecule has 0 atom stereocenters. The molecule has 2 rings (SSSR count). The minimum Gasteiger partial charge on any atom is -0.491 e. The number of rotatable bonds is 11. The molecule has 0 saturated heterocycles. The average molecular weight is 370 g/mol. The van der Waals surface area contributed by atoms with Crippen molar-refractivity contribution in [3.05, 3.63) is 60.7 Å². The monoisotopic (exact) mass is 370 g/mol. The molecule has 144 valence electrons. The van der Waals surface area contributed by atoms with Gasteiger partial charge in [-0.25, -0.2) is 0 Å². The van der Waals surface area contributed by atoms with Crippen LogP contribution in [-0.2, 0) is 9.53 Å². The molecule has 0 spiro atoms. The minimum absolute atomic E-state index is 0.142. The van der Waals surface area contributed by atoms with E-state index in [2.05, 4.69) is 17.2 Å². The van der Waals surface area contributed by atoms with Crippen LogP contribution in [0.1, 0.15) is 6.92 Å². The number of carbonyl (C=O) groups is 1. The summed E-state index contributed by atoms with van der Waals surface area (Å²) >= 11 is 0. The number of benzene rings is 2. The molecule has 2 aromatic rings. The van der Waals surface area contributed by atoms with Crippen molar-refractivity contribution < 1.29 is 19.0 Å². The van der Waals surface area contributed by atoms with Crippen LogP contribution in [0.15, 0.2) is 60.7 Å². The Labute approximate surface area is 160 Å². The highest BCUT2D eigenvalue weighted by atomic mass is 16.5. The van der Waals surface area contributed by atoms with E-state index in [4.69, 9.17) is 14.2 Å². The first kappa shape index (κ1) is 20.3. The molecule has 0 aliphatic rings. The lowest BCUT2D eigenvalue weighted by Crippen LogP contribution is -2.21. The Bertz CT molecular complexity index is 744. The molecule has 0 unspecified atom stereocenters. The van der Waals surface area contributed by atoms with Crippen molar-refractivity contribution in [1.82, 2.24) is 0 Å². The quantitative estimate of drug-likeness (QED) is 0.466. The molecule has 0 aliphatic carbocycles. The second-order valence-electron chi connectivity index (χ2n) is 6.04. The standard InChI is InChI=1S/C21H26N2O4/c1-16(2)15-27-19-9-7-17(8-10-19)23-21(24)14-22-18-5-4-6-20(13-18)26-12-11-25-3/h4-10,13,22H,1,11-12,14-15H2,2-3H3,(H,23,24). The van der Waals surface area contributed by atoms with Crippen LogP contribution in [0, 0.1) is 0 Å². The molecule has 0 saturated carbocycles. The third-order valence-electron chi connectivity index (χ3n) is 3.47. The summed E-state index contributed by atoms with van der Waals surface area (Å²) in [5.41, 5.74) is 2.47. The van der Waals surface area contributed by atoms with Gasteiger partial charge < -0.3 is 24.8 Å². The van der Waals surface area contributed by atoms with Crippen LogP contribution in [0.2, 0.25) is 0 Å². The second-order valence-corrected chi connectivity index (χ2v) is 6.04. The number of nitrogens with one attached hydrogen (secondary N) is 2. The van der Waals surface area contributed by atoms with Crippen molar-refractivity contribution >= 4 is 17.3 Å². The molecule has 0 radical (unpaired) electrons. The van der Waals surface area contributed by atoms with Crippen LogP contribution in [0.3, 0.4) is 0 Å². The first-order valence-electron chi connectivity index (χ1n) is 8.69. The van der Waals surface area contributed by atoms with Crippen LogP contribution in [0.4, 0.5) is 11.4 Å². The van der Waals surface area contributed by atoms with Crippen molar-refractivity contribution in [3.63, 3.8) is 0 Å². The molecule has 1 amide bonds. The molecule has 2 N–H and O–H groups in total. The summed E-state index contributed by atoms with van der Waals surface area (Å²) in [5, 5.41) is 5.92. The van der Waals surface area contributed by atoms with Gasteiger partial charge in [0.15, 0.2) is 0 Å². The lowest BCUT2D eigenvalue weighted by Gasteiger charge is -2.11. The average Bonchev–Trinajstić information content (AvgIpc) is 2.66. The van der Waals surface area contributed by atoms with Crippen molar-refractivity contribution in [2.75, 3.05) is 44.1 Å². The summed E-state index contributed by atoms with van der Waals surface area (Å²) in [6.45, 7) is 7.33. The number of anilines is 2. The highest BCUT2D eigenvalue weighted by Gasteiger charge is 2.04. The number of methoxy groups -OCH3 is 1. The van der Waals surface area contributed by atoms with Crippen molar-refractivity contribution in [2.24, 2.45) is 0 Å². The fourth-order valence-corrected chi connectivity index (χ4v) is 2.17. The van der Waals surface area contributed by atoms with Crippen LogP contribution in [-0.4, -0.2) is 39.4 Å². The van der Waals surface area contributed by atoms with E-state index in [-0.39, 0.29) is 12.5 Å². The van der Waals surface area contributed by atoms with Gasteiger partial charge >= 0.3 is 0 Å². The normalized spacial score (nSPS) is 10.1. The molecule has 6 nitrogen and oxygen atoms in total. The number of hydrogen-bond acceptors (Lipinski definition) is 5. The molecule has 2 aromatic carbocycles. The highest BCUT2D eigenvalue weighted by molar-refractivity contribution is 5.93. The smallest absolute Gasteiger partial charge is 0.243 e.